The molecule has 0 saturated heterocycles. The molecule has 0 saturated carbocycles. The van der Waals surface area contributed by atoms with Crippen molar-refractivity contribution in [2.45, 2.75) is 13.8 Å². The minimum absolute atomic E-state index is 0.0788. The van der Waals surface area contributed by atoms with Crippen LogP contribution < -0.4 is 20.7 Å². The predicted molar refractivity (Wildman–Crippen MR) is 113 cm³/mol. The molecule has 0 fully saturated rings. The van der Waals surface area contributed by atoms with Gasteiger partial charge in [0.25, 0.3) is 0 Å². The molecule has 0 aliphatic carbocycles. The van der Waals surface area contributed by atoms with Gasteiger partial charge in [0, 0.05) is 30.1 Å². The van der Waals surface area contributed by atoms with Gasteiger partial charge in [-0.25, -0.2) is 0 Å². The van der Waals surface area contributed by atoms with Crippen LogP contribution in [0, 0.1) is 0 Å². The average Bonchev–Trinajstić information content (AvgIpc) is 2.68. The standard InChI is InChI=1S/C21H26N4O4/c1-4-25(14-21(28)24-18-6-5-7-19(12-18)29-3)13-20(27)23-17-10-8-16(9-11-17)22-15(2)26/h5-12H,4,13-14H2,1-3H3,(H,22,26)(H,23,27)(H,24,28). The number of benzene rings is 2. The zero-order chi connectivity index (χ0) is 21.2. The summed E-state index contributed by atoms with van der Waals surface area (Å²) < 4.78 is 5.14. The van der Waals surface area contributed by atoms with Crippen molar-refractivity contribution >= 4 is 34.8 Å². The van der Waals surface area contributed by atoms with Crippen molar-refractivity contribution < 1.29 is 19.1 Å². The fourth-order valence-electron chi connectivity index (χ4n) is 2.63. The number of nitrogens with one attached hydrogen (secondary N) is 3. The minimum atomic E-state index is -0.228. The van der Waals surface area contributed by atoms with E-state index in [-0.39, 0.29) is 30.8 Å². The number of carbonyl (C=O) groups excluding carboxylic acids is 3. The van der Waals surface area contributed by atoms with Gasteiger partial charge in [-0.2, -0.15) is 0 Å². The van der Waals surface area contributed by atoms with Crippen molar-refractivity contribution in [2.75, 3.05) is 42.7 Å². The van der Waals surface area contributed by atoms with E-state index in [0.717, 1.165) is 0 Å². The van der Waals surface area contributed by atoms with Crippen molar-refractivity contribution in [3.8, 4) is 5.75 Å². The number of rotatable bonds is 9. The lowest BCUT2D eigenvalue weighted by Gasteiger charge is -2.19. The number of hydrogen-bond acceptors (Lipinski definition) is 5. The van der Waals surface area contributed by atoms with Gasteiger partial charge in [0.1, 0.15) is 5.75 Å². The van der Waals surface area contributed by atoms with Gasteiger partial charge in [0.2, 0.25) is 17.7 Å². The Kier molecular flexibility index (Phi) is 8.17. The number of ether oxygens (including phenoxy) is 1. The van der Waals surface area contributed by atoms with Gasteiger partial charge < -0.3 is 20.7 Å². The topological polar surface area (TPSA) is 99.8 Å². The highest BCUT2D eigenvalue weighted by atomic mass is 16.5. The Morgan fingerprint density at radius 1 is 0.862 bits per heavy atom. The molecule has 3 N–H and O–H groups in total. The van der Waals surface area contributed by atoms with E-state index in [4.69, 9.17) is 4.74 Å². The van der Waals surface area contributed by atoms with Crippen LogP contribution in [-0.2, 0) is 14.4 Å². The van der Waals surface area contributed by atoms with Crippen molar-refractivity contribution in [1.82, 2.24) is 4.90 Å². The SMILES string of the molecule is CCN(CC(=O)Nc1ccc(NC(C)=O)cc1)CC(=O)Nc1cccc(OC)c1. The average molecular weight is 398 g/mol. The molecule has 0 aliphatic rings. The number of amides is 3. The molecular weight excluding hydrogens is 372 g/mol. The lowest BCUT2D eigenvalue weighted by atomic mass is 10.2. The highest BCUT2D eigenvalue weighted by Gasteiger charge is 2.14. The van der Waals surface area contributed by atoms with Gasteiger partial charge in [0.15, 0.2) is 0 Å². The summed E-state index contributed by atoms with van der Waals surface area (Å²) in [5.74, 6) is 0.0486. The van der Waals surface area contributed by atoms with Crippen LogP contribution in [0.25, 0.3) is 0 Å². The van der Waals surface area contributed by atoms with Gasteiger partial charge in [-0.3, -0.25) is 19.3 Å². The van der Waals surface area contributed by atoms with Crippen LogP contribution >= 0.6 is 0 Å². The molecule has 2 rings (SSSR count). The van der Waals surface area contributed by atoms with E-state index in [9.17, 15) is 14.4 Å². The first-order valence-corrected chi connectivity index (χ1v) is 9.23. The smallest absolute Gasteiger partial charge is 0.238 e. The number of anilines is 3. The summed E-state index contributed by atoms with van der Waals surface area (Å²) in [6.07, 6.45) is 0. The maximum atomic E-state index is 12.3. The Bertz CT molecular complexity index is 852. The minimum Gasteiger partial charge on any atom is -0.497 e. The van der Waals surface area contributed by atoms with E-state index in [1.165, 1.54) is 6.92 Å². The molecule has 0 bridgehead atoms. The van der Waals surface area contributed by atoms with Crippen LogP contribution in [0.3, 0.4) is 0 Å². The molecular formula is C21H26N4O4. The van der Waals surface area contributed by atoms with E-state index >= 15 is 0 Å². The molecule has 0 unspecified atom stereocenters. The fraction of sp³-hybridized carbons (Fsp3) is 0.286. The molecule has 8 nitrogen and oxygen atoms in total. The van der Waals surface area contributed by atoms with E-state index in [2.05, 4.69) is 16.0 Å². The first-order chi connectivity index (χ1) is 13.9. The lowest BCUT2D eigenvalue weighted by Crippen LogP contribution is -2.38. The molecule has 154 valence electrons. The van der Waals surface area contributed by atoms with E-state index < -0.39 is 0 Å². The van der Waals surface area contributed by atoms with Gasteiger partial charge in [-0.05, 0) is 42.9 Å². The van der Waals surface area contributed by atoms with Crippen LogP contribution in [0.2, 0.25) is 0 Å². The number of likely N-dealkylation sites (N-methyl/N-ethyl adjacent to an activating group) is 1. The van der Waals surface area contributed by atoms with Crippen molar-refractivity contribution in [3.63, 3.8) is 0 Å². The Balaban J connectivity index is 1.85. The second-order valence-corrected chi connectivity index (χ2v) is 6.39. The Hall–Kier alpha value is -3.39. The zero-order valence-electron chi connectivity index (χ0n) is 16.8. The Morgan fingerprint density at radius 3 is 1.93 bits per heavy atom. The second-order valence-electron chi connectivity index (χ2n) is 6.39. The molecule has 0 spiro atoms. The molecule has 0 radical (unpaired) electrons. The van der Waals surface area contributed by atoms with E-state index in [1.54, 1.807) is 60.5 Å². The number of nitrogens with zero attached hydrogens (tertiary/aromatic N) is 1. The van der Waals surface area contributed by atoms with Crippen molar-refractivity contribution in [1.29, 1.82) is 0 Å². The molecule has 2 aromatic rings. The summed E-state index contributed by atoms with van der Waals surface area (Å²) in [5, 5.41) is 8.25. The number of methoxy groups -OCH3 is 1. The Labute approximate surface area is 170 Å². The summed E-state index contributed by atoms with van der Waals surface area (Å²) in [6, 6.07) is 13.9. The summed E-state index contributed by atoms with van der Waals surface area (Å²) >= 11 is 0. The monoisotopic (exact) mass is 398 g/mol. The Morgan fingerprint density at radius 2 is 1.41 bits per heavy atom. The van der Waals surface area contributed by atoms with Gasteiger partial charge >= 0.3 is 0 Å². The van der Waals surface area contributed by atoms with E-state index in [1.807, 2.05) is 6.92 Å². The van der Waals surface area contributed by atoms with Gasteiger partial charge in [-0.15, -0.1) is 0 Å². The van der Waals surface area contributed by atoms with Gasteiger partial charge in [-0.1, -0.05) is 13.0 Å². The van der Waals surface area contributed by atoms with E-state index in [0.29, 0.717) is 29.4 Å². The molecule has 0 aliphatic heterocycles. The lowest BCUT2D eigenvalue weighted by molar-refractivity contribution is -0.120. The van der Waals surface area contributed by atoms with Crippen LogP contribution in [0.4, 0.5) is 17.1 Å². The normalized spacial score (nSPS) is 10.3. The maximum absolute atomic E-state index is 12.3. The molecule has 29 heavy (non-hydrogen) atoms. The summed E-state index contributed by atoms with van der Waals surface area (Å²) in [6.45, 7) is 4.02. The highest BCUT2D eigenvalue weighted by Crippen LogP contribution is 2.16. The fourth-order valence-corrected chi connectivity index (χ4v) is 2.63. The molecule has 3 amide bonds. The molecule has 0 heterocycles. The second kappa shape index (κ2) is 10.8. The molecule has 8 heteroatoms. The summed E-state index contributed by atoms with van der Waals surface area (Å²) in [4.78, 5) is 37.4. The highest BCUT2D eigenvalue weighted by molar-refractivity contribution is 5.95. The zero-order valence-corrected chi connectivity index (χ0v) is 16.8. The molecule has 0 aromatic heterocycles. The van der Waals surface area contributed by atoms with Crippen LogP contribution in [0.5, 0.6) is 5.75 Å². The van der Waals surface area contributed by atoms with Crippen LogP contribution in [0.15, 0.2) is 48.5 Å². The van der Waals surface area contributed by atoms with Crippen LogP contribution in [-0.4, -0.2) is 49.4 Å². The third-order valence-corrected chi connectivity index (χ3v) is 4.02. The van der Waals surface area contributed by atoms with Crippen LogP contribution in [0.1, 0.15) is 13.8 Å². The van der Waals surface area contributed by atoms with Crippen molar-refractivity contribution in [2.24, 2.45) is 0 Å². The predicted octanol–water partition coefficient (Wildman–Crippen LogP) is 2.55. The number of carbonyl (C=O) groups is 3. The molecule has 2 aromatic carbocycles. The summed E-state index contributed by atoms with van der Waals surface area (Å²) in [5.41, 5.74) is 1.90. The maximum Gasteiger partial charge on any atom is 0.238 e. The third kappa shape index (κ3) is 7.63. The quantitative estimate of drug-likeness (QED) is 0.603. The van der Waals surface area contributed by atoms with Gasteiger partial charge in [0.05, 0.1) is 20.2 Å². The first-order valence-electron chi connectivity index (χ1n) is 9.23. The third-order valence-electron chi connectivity index (χ3n) is 4.02. The van der Waals surface area contributed by atoms with Crippen molar-refractivity contribution in [3.05, 3.63) is 48.5 Å². The molecule has 0 atom stereocenters. The first kappa shape index (κ1) is 21.9. The number of hydrogen-bond donors (Lipinski definition) is 3. The largest absolute Gasteiger partial charge is 0.497 e. The summed E-state index contributed by atoms with van der Waals surface area (Å²) in [7, 11) is 1.56.